The molecule has 3 rings (SSSR count). The maximum absolute atomic E-state index is 13.2. The highest BCUT2D eigenvalue weighted by Gasteiger charge is 2.27. The molecule has 1 heterocycles. The fourth-order valence-electron chi connectivity index (χ4n) is 3.35. The second kappa shape index (κ2) is 12.6. The molecule has 0 unspecified atom stereocenters. The van der Waals surface area contributed by atoms with E-state index in [-0.39, 0.29) is 24.8 Å². The van der Waals surface area contributed by atoms with Crippen LogP contribution in [0, 0.1) is 5.92 Å². The number of aromatic nitrogens is 1. The number of Topliss-reactive ketones (excluding diaryl/α,β-unsaturated/α-hetero) is 1. The Balaban J connectivity index is 1.62. The Morgan fingerprint density at radius 2 is 1.80 bits per heavy atom. The van der Waals surface area contributed by atoms with E-state index >= 15 is 0 Å². The predicted octanol–water partition coefficient (Wildman–Crippen LogP) is 2.79. The largest absolute Gasteiger partial charge is 0.461 e. The van der Waals surface area contributed by atoms with Gasteiger partial charge in [0.15, 0.2) is 11.0 Å². The predicted molar refractivity (Wildman–Crippen MR) is 136 cm³/mol. The smallest absolute Gasteiger partial charge is 0.306 e. The van der Waals surface area contributed by atoms with Crippen molar-refractivity contribution in [2.45, 2.75) is 38.8 Å². The van der Waals surface area contributed by atoms with Gasteiger partial charge < -0.3 is 21.5 Å². The summed E-state index contributed by atoms with van der Waals surface area (Å²) in [7, 11) is 0. The zero-order valence-corrected chi connectivity index (χ0v) is 20.3. The van der Waals surface area contributed by atoms with Crippen LogP contribution in [0.3, 0.4) is 0 Å². The fourth-order valence-corrected chi connectivity index (χ4v) is 4.31. The summed E-state index contributed by atoms with van der Waals surface area (Å²) in [4.78, 5) is 46.7. The highest BCUT2D eigenvalue weighted by molar-refractivity contribution is 7.20. The third-order valence-corrected chi connectivity index (χ3v) is 6.30. The van der Waals surface area contributed by atoms with Crippen LogP contribution in [0.2, 0.25) is 0 Å². The SMILES string of the molecule is C[C@@H](CC(=O)OCc1ccccc1)C(=O)N[C@@H](CCCN=C(N)N)C(=O)c1nc2ccccc2s1. The molecule has 0 aliphatic carbocycles. The van der Waals surface area contributed by atoms with Crippen LogP contribution in [0.5, 0.6) is 0 Å². The summed E-state index contributed by atoms with van der Waals surface area (Å²) in [6.45, 7) is 2.08. The third-order valence-electron chi connectivity index (χ3n) is 5.25. The van der Waals surface area contributed by atoms with Crippen LogP contribution < -0.4 is 16.8 Å². The van der Waals surface area contributed by atoms with Crippen molar-refractivity contribution in [3.05, 3.63) is 65.2 Å². The molecule has 0 saturated heterocycles. The van der Waals surface area contributed by atoms with Gasteiger partial charge in [-0.2, -0.15) is 0 Å². The fraction of sp³-hybridized carbons (Fsp3) is 0.320. The quantitative estimate of drug-likeness (QED) is 0.115. The minimum Gasteiger partial charge on any atom is -0.461 e. The number of hydrogen-bond acceptors (Lipinski definition) is 7. The number of nitrogens with one attached hydrogen (secondary N) is 1. The Morgan fingerprint density at radius 3 is 2.51 bits per heavy atom. The van der Waals surface area contributed by atoms with Crippen LogP contribution in [-0.2, 0) is 20.9 Å². The summed E-state index contributed by atoms with van der Waals surface area (Å²) in [5.41, 5.74) is 12.3. The lowest BCUT2D eigenvalue weighted by Crippen LogP contribution is -2.43. The molecule has 5 N–H and O–H groups in total. The van der Waals surface area contributed by atoms with Crippen molar-refractivity contribution in [2.24, 2.45) is 22.4 Å². The van der Waals surface area contributed by atoms with Crippen molar-refractivity contribution in [3.63, 3.8) is 0 Å². The molecule has 0 aliphatic heterocycles. The third kappa shape index (κ3) is 7.89. The van der Waals surface area contributed by atoms with Gasteiger partial charge in [-0.25, -0.2) is 4.98 Å². The van der Waals surface area contributed by atoms with Crippen molar-refractivity contribution in [1.29, 1.82) is 0 Å². The average molecular weight is 496 g/mol. The molecule has 0 bridgehead atoms. The van der Waals surface area contributed by atoms with E-state index in [0.29, 0.717) is 24.4 Å². The molecule has 9 nitrogen and oxygen atoms in total. The lowest BCUT2D eigenvalue weighted by atomic mass is 10.0. The summed E-state index contributed by atoms with van der Waals surface area (Å²) in [6, 6.07) is 15.9. The van der Waals surface area contributed by atoms with E-state index in [1.54, 1.807) is 6.92 Å². The van der Waals surface area contributed by atoms with E-state index in [1.165, 1.54) is 11.3 Å². The molecule has 0 spiro atoms. The van der Waals surface area contributed by atoms with Gasteiger partial charge in [0.1, 0.15) is 6.61 Å². The molecular formula is C25H29N5O4S. The van der Waals surface area contributed by atoms with Crippen LogP contribution in [0.1, 0.15) is 41.6 Å². The van der Waals surface area contributed by atoms with Crippen LogP contribution in [-0.4, -0.2) is 41.2 Å². The molecule has 3 aromatic rings. The Morgan fingerprint density at radius 1 is 1.09 bits per heavy atom. The normalized spacial score (nSPS) is 12.5. The molecule has 0 saturated carbocycles. The molecular weight excluding hydrogens is 466 g/mol. The van der Waals surface area contributed by atoms with Gasteiger partial charge in [0.05, 0.1) is 22.7 Å². The number of aliphatic imine (C=N–C) groups is 1. The van der Waals surface area contributed by atoms with Crippen LogP contribution in [0.25, 0.3) is 10.2 Å². The number of guanidine groups is 1. The number of ketones is 1. The van der Waals surface area contributed by atoms with Gasteiger partial charge in [0, 0.05) is 12.5 Å². The summed E-state index contributed by atoms with van der Waals surface area (Å²) in [5, 5.41) is 3.10. The Bertz CT molecular complexity index is 1160. The van der Waals surface area contributed by atoms with E-state index in [2.05, 4.69) is 15.3 Å². The number of benzene rings is 2. The Hall–Kier alpha value is -3.79. The van der Waals surface area contributed by atoms with E-state index in [0.717, 1.165) is 15.8 Å². The van der Waals surface area contributed by atoms with Crippen molar-refractivity contribution in [2.75, 3.05) is 6.54 Å². The summed E-state index contributed by atoms with van der Waals surface area (Å²) in [6.07, 6.45) is 0.699. The first kappa shape index (κ1) is 25.8. The number of nitrogens with zero attached hydrogens (tertiary/aromatic N) is 2. The van der Waals surface area contributed by atoms with E-state index in [4.69, 9.17) is 16.2 Å². The minimum atomic E-state index is -0.819. The number of hydrogen-bond donors (Lipinski definition) is 3. The number of rotatable bonds is 12. The number of thiazole rings is 1. The second-order valence-electron chi connectivity index (χ2n) is 8.11. The molecule has 0 aliphatic rings. The first-order valence-corrected chi connectivity index (χ1v) is 12.1. The Labute approximate surface area is 207 Å². The topological polar surface area (TPSA) is 150 Å². The molecule has 35 heavy (non-hydrogen) atoms. The molecule has 0 radical (unpaired) electrons. The average Bonchev–Trinajstić information content (AvgIpc) is 3.29. The van der Waals surface area contributed by atoms with Crippen LogP contribution in [0.15, 0.2) is 59.6 Å². The van der Waals surface area contributed by atoms with Gasteiger partial charge >= 0.3 is 5.97 Å². The van der Waals surface area contributed by atoms with E-state index in [9.17, 15) is 14.4 Å². The maximum atomic E-state index is 13.2. The first-order chi connectivity index (χ1) is 16.8. The minimum absolute atomic E-state index is 0.0364. The lowest BCUT2D eigenvalue weighted by Gasteiger charge is -2.19. The van der Waals surface area contributed by atoms with E-state index in [1.807, 2.05) is 54.6 Å². The van der Waals surface area contributed by atoms with Crippen molar-refractivity contribution in [3.8, 4) is 0 Å². The van der Waals surface area contributed by atoms with Gasteiger partial charge in [0.25, 0.3) is 0 Å². The molecule has 184 valence electrons. The molecule has 1 aromatic heterocycles. The molecule has 2 aromatic carbocycles. The van der Waals surface area contributed by atoms with Gasteiger partial charge in [-0.1, -0.05) is 49.4 Å². The zero-order chi connectivity index (χ0) is 25.2. The Kier molecular flexibility index (Phi) is 9.31. The van der Waals surface area contributed by atoms with E-state index < -0.39 is 23.8 Å². The summed E-state index contributed by atoms with van der Waals surface area (Å²) >= 11 is 1.27. The monoisotopic (exact) mass is 495 g/mol. The number of carbonyl (C=O) groups excluding carboxylic acids is 3. The van der Waals surface area contributed by atoms with Crippen LogP contribution >= 0.6 is 11.3 Å². The number of para-hydroxylation sites is 1. The zero-order valence-electron chi connectivity index (χ0n) is 19.5. The van der Waals surface area contributed by atoms with Gasteiger partial charge in [-0.05, 0) is 30.5 Å². The molecule has 0 fully saturated rings. The molecule has 10 heteroatoms. The van der Waals surface area contributed by atoms with Crippen LogP contribution in [0.4, 0.5) is 0 Å². The van der Waals surface area contributed by atoms with Crippen molar-refractivity contribution < 1.29 is 19.1 Å². The number of ether oxygens (including phenoxy) is 1. The lowest BCUT2D eigenvalue weighted by molar-refractivity contribution is -0.147. The van der Waals surface area contributed by atoms with Crippen molar-refractivity contribution in [1.82, 2.24) is 10.3 Å². The number of fused-ring (bicyclic) bond motifs is 1. The molecule has 2 atom stereocenters. The maximum Gasteiger partial charge on any atom is 0.306 e. The standard InChI is InChI=1S/C25H29N5O4S/c1-16(14-21(31)34-15-17-8-3-2-4-9-17)23(33)29-19(11-7-13-28-25(26)27)22(32)24-30-18-10-5-6-12-20(18)35-24/h2-6,8-10,12,16,19H,7,11,13-15H2,1H3,(H,29,33)(H4,26,27,28)/t16-,19-/m0/s1. The number of nitrogens with two attached hydrogens (primary N) is 2. The number of esters is 1. The van der Waals surface area contributed by atoms with Gasteiger partial charge in [-0.15, -0.1) is 11.3 Å². The van der Waals surface area contributed by atoms with Crippen molar-refractivity contribution >= 4 is 45.2 Å². The second-order valence-corrected chi connectivity index (χ2v) is 9.14. The first-order valence-electron chi connectivity index (χ1n) is 11.3. The van der Waals surface area contributed by atoms with Gasteiger partial charge in [-0.3, -0.25) is 19.4 Å². The number of amides is 1. The van der Waals surface area contributed by atoms with Gasteiger partial charge in [0.2, 0.25) is 11.7 Å². The molecule has 1 amide bonds. The highest BCUT2D eigenvalue weighted by Crippen LogP contribution is 2.23. The highest BCUT2D eigenvalue weighted by atomic mass is 32.1. The number of carbonyl (C=O) groups is 3. The summed E-state index contributed by atoms with van der Waals surface area (Å²) < 4.78 is 6.16. The summed E-state index contributed by atoms with van der Waals surface area (Å²) in [5.74, 6) is -1.91.